The highest BCUT2D eigenvalue weighted by atomic mass is 32.2. The third-order valence-electron chi connectivity index (χ3n) is 4.65. The lowest BCUT2D eigenvalue weighted by Crippen LogP contribution is -2.29. The molecule has 25 heavy (non-hydrogen) atoms. The van der Waals surface area contributed by atoms with Crippen LogP contribution in [-0.4, -0.2) is 38.8 Å². The molecule has 0 bridgehead atoms. The van der Waals surface area contributed by atoms with Crippen LogP contribution in [0.2, 0.25) is 0 Å². The van der Waals surface area contributed by atoms with Crippen molar-refractivity contribution in [1.82, 2.24) is 14.9 Å². The number of nitrogens with zero attached hydrogens (tertiary/aromatic N) is 3. The van der Waals surface area contributed by atoms with Crippen LogP contribution < -0.4 is 0 Å². The second-order valence-corrected chi connectivity index (χ2v) is 7.71. The number of hydrogen-bond acceptors (Lipinski definition) is 5. The van der Waals surface area contributed by atoms with Crippen LogP contribution in [0.3, 0.4) is 0 Å². The van der Waals surface area contributed by atoms with Crippen LogP contribution in [0.1, 0.15) is 37.3 Å². The van der Waals surface area contributed by atoms with E-state index in [1.165, 1.54) is 12.1 Å². The van der Waals surface area contributed by atoms with E-state index in [-0.39, 0.29) is 5.82 Å². The van der Waals surface area contributed by atoms with Crippen LogP contribution in [0.25, 0.3) is 0 Å². The van der Waals surface area contributed by atoms with Crippen molar-refractivity contribution in [3.63, 3.8) is 0 Å². The van der Waals surface area contributed by atoms with E-state index in [1.54, 1.807) is 23.9 Å². The molecule has 0 spiro atoms. The first-order valence-corrected chi connectivity index (χ1v) is 9.72. The van der Waals surface area contributed by atoms with Gasteiger partial charge in [0.2, 0.25) is 0 Å². The lowest BCUT2D eigenvalue weighted by atomic mass is 9.87. The van der Waals surface area contributed by atoms with Gasteiger partial charge in [0.1, 0.15) is 5.82 Å². The molecule has 2 aromatic rings. The van der Waals surface area contributed by atoms with Crippen molar-refractivity contribution in [2.24, 2.45) is 0 Å². The normalized spacial score (nSPS) is 21.9. The third-order valence-corrected chi connectivity index (χ3v) is 5.41. The minimum Gasteiger partial charge on any atom is -0.385 e. The standard InChI is InChI=1S/C19H24FN3OS/c1-2-25-18-21-12-15(13-22-18)14-23-10-3-8-19(24,9-11-23)16-4-6-17(20)7-5-16/h4-7,12-13,24H,2-3,8-11,14H2,1H3/t19-/m0/s1. The van der Waals surface area contributed by atoms with Gasteiger partial charge in [-0.1, -0.05) is 30.8 Å². The van der Waals surface area contributed by atoms with Crippen molar-refractivity contribution in [3.8, 4) is 0 Å². The summed E-state index contributed by atoms with van der Waals surface area (Å²) < 4.78 is 13.1. The van der Waals surface area contributed by atoms with Gasteiger partial charge in [0.05, 0.1) is 5.60 Å². The number of hydrogen-bond donors (Lipinski definition) is 1. The van der Waals surface area contributed by atoms with Gasteiger partial charge in [0, 0.05) is 31.0 Å². The first-order chi connectivity index (χ1) is 12.1. The maximum atomic E-state index is 13.1. The molecule has 2 heterocycles. The molecule has 1 saturated heterocycles. The number of thioether (sulfide) groups is 1. The molecule has 0 aliphatic carbocycles. The van der Waals surface area contributed by atoms with E-state index >= 15 is 0 Å². The third kappa shape index (κ3) is 4.77. The minimum atomic E-state index is -0.874. The molecular weight excluding hydrogens is 337 g/mol. The van der Waals surface area contributed by atoms with Gasteiger partial charge in [0.15, 0.2) is 5.16 Å². The smallest absolute Gasteiger partial charge is 0.187 e. The predicted molar refractivity (Wildman–Crippen MR) is 97.9 cm³/mol. The Morgan fingerprint density at radius 2 is 1.88 bits per heavy atom. The summed E-state index contributed by atoms with van der Waals surface area (Å²) in [6.07, 6.45) is 6.02. The monoisotopic (exact) mass is 361 g/mol. The zero-order valence-corrected chi connectivity index (χ0v) is 15.3. The fourth-order valence-electron chi connectivity index (χ4n) is 3.27. The molecule has 0 unspecified atom stereocenters. The molecule has 1 fully saturated rings. The van der Waals surface area contributed by atoms with Gasteiger partial charge in [-0.25, -0.2) is 14.4 Å². The number of rotatable bonds is 5. The lowest BCUT2D eigenvalue weighted by Gasteiger charge is -2.27. The molecule has 3 rings (SSSR count). The molecule has 0 amide bonds. The van der Waals surface area contributed by atoms with Gasteiger partial charge >= 0.3 is 0 Å². The highest BCUT2D eigenvalue weighted by Crippen LogP contribution is 2.33. The molecule has 4 nitrogen and oxygen atoms in total. The van der Waals surface area contributed by atoms with Crippen LogP contribution in [0.15, 0.2) is 41.8 Å². The summed E-state index contributed by atoms with van der Waals surface area (Å²) in [6.45, 7) is 4.59. The van der Waals surface area contributed by atoms with E-state index in [4.69, 9.17) is 0 Å². The number of aliphatic hydroxyl groups is 1. The second kappa shape index (κ2) is 8.25. The summed E-state index contributed by atoms with van der Waals surface area (Å²) in [4.78, 5) is 11.1. The lowest BCUT2D eigenvalue weighted by molar-refractivity contribution is 0.0209. The quantitative estimate of drug-likeness (QED) is 0.651. The Morgan fingerprint density at radius 1 is 1.16 bits per heavy atom. The Kier molecular flexibility index (Phi) is 6.04. The van der Waals surface area contributed by atoms with Crippen molar-refractivity contribution in [1.29, 1.82) is 0 Å². The van der Waals surface area contributed by atoms with Crippen LogP contribution in [0, 0.1) is 5.82 Å². The van der Waals surface area contributed by atoms with Crippen LogP contribution >= 0.6 is 11.8 Å². The van der Waals surface area contributed by atoms with Crippen molar-refractivity contribution in [2.75, 3.05) is 18.8 Å². The molecule has 0 radical (unpaired) electrons. The molecular formula is C19H24FN3OS. The van der Waals surface area contributed by atoms with Crippen LogP contribution in [0.4, 0.5) is 4.39 Å². The SMILES string of the molecule is CCSc1ncc(CN2CCC[C@@](O)(c3ccc(F)cc3)CC2)cn1. The maximum absolute atomic E-state index is 13.1. The highest BCUT2D eigenvalue weighted by molar-refractivity contribution is 7.99. The number of likely N-dealkylation sites (tertiary alicyclic amines) is 1. The van der Waals surface area contributed by atoms with Crippen molar-refractivity contribution in [3.05, 3.63) is 53.6 Å². The number of benzene rings is 1. The van der Waals surface area contributed by atoms with Crippen molar-refractivity contribution >= 4 is 11.8 Å². The van der Waals surface area contributed by atoms with Gasteiger partial charge in [-0.15, -0.1) is 0 Å². The molecule has 1 aromatic carbocycles. The molecule has 1 N–H and O–H groups in total. The number of halogens is 1. The molecule has 1 aliphatic heterocycles. The fraction of sp³-hybridized carbons (Fsp3) is 0.474. The molecule has 1 atom stereocenters. The second-order valence-electron chi connectivity index (χ2n) is 6.48. The van der Waals surface area contributed by atoms with Crippen LogP contribution in [0.5, 0.6) is 0 Å². The Hall–Kier alpha value is -1.50. The maximum Gasteiger partial charge on any atom is 0.187 e. The average molecular weight is 361 g/mol. The minimum absolute atomic E-state index is 0.271. The summed E-state index contributed by atoms with van der Waals surface area (Å²) in [7, 11) is 0. The van der Waals surface area contributed by atoms with Gasteiger partial charge in [-0.2, -0.15) is 0 Å². The van der Waals surface area contributed by atoms with Crippen molar-refractivity contribution in [2.45, 2.75) is 43.5 Å². The van der Waals surface area contributed by atoms with Crippen LogP contribution in [-0.2, 0) is 12.1 Å². The molecule has 0 saturated carbocycles. The zero-order valence-electron chi connectivity index (χ0n) is 14.5. The van der Waals surface area contributed by atoms with Gasteiger partial charge in [-0.05, 0) is 49.3 Å². The molecule has 1 aliphatic rings. The molecule has 6 heteroatoms. The van der Waals surface area contributed by atoms with Gasteiger partial charge < -0.3 is 5.11 Å². The van der Waals surface area contributed by atoms with E-state index in [0.717, 1.165) is 48.1 Å². The van der Waals surface area contributed by atoms with E-state index in [2.05, 4.69) is 21.8 Å². The Bertz CT molecular complexity index is 680. The fourth-order valence-corrected chi connectivity index (χ4v) is 3.78. The molecule has 1 aromatic heterocycles. The van der Waals surface area contributed by atoms with Gasteiger partial charge in [0.25, 0.3) is 0 Å². The van der Waals surface area contributed by atoms with E-state index in [1.807, 2.05) is 12.4 Å². The summed E-state index contributed by atoms with van der Waals surface area (Å²) in [5.74, 6) is 0.695. The summed E-state index contributed by atoms with van der Waals surface area (Å²) in [5, 5.41) is 11.8. The predicted octanol–water partition coefficient (Wildman–Crippen LogP) is 3.60. The first-order valence-electron chi connectivity index (χ1n) is 8.73. The highest BCUT2D eigenvalue weighted by Gasteiger charge is 2.31. The summed E-state index contributed by atoms with van der Waals surface area (Å²) in [5.41, 5.74) is 1.02. The zero-order chi connectivity index (χ0) is 17.7. The van der Waals surface area contributed by atoms with E-state index in [0.29, 0.717) is 12.8 Å². The Balaban J connectivity index is 1.62. The Labute approximate surface area is 152 Å². The van der Waals surface area contributed by atoms with Gasteiger partial charge in [-0.3, -0.25) is 4.90 Å². The average Bonchev–Trinajstić information content (AvgIpc) is 2.80. The van der Waals surface area contributed by atoms with E-state index < -0.39 is 5.60 Å². The molecule has 134 valence electrons. The van der Waals surface area contributed by atoms with E-state index in [9.17, 15) is 9.50 Å². The summed E-state index contributed by atoms with van der Waals surface area (Å²) >= 11 is 1.64. The number of aromatic nitrogens is 2. The first kappa shape index (κ1) is 18.3. The van der Waals surface area contributed by atoms with Crippen molar-refractivity contribution < 1.29 is 9.50 Å². The Morgan fingerprint density at radius 3 is 2.56 bits per heavy atom. The topological polar surface area (TPSA) is 49.2 Å². The largest absolute Gasteiger partial charge is 0.385 e. The summed E-state index contributed by atoms with van der Waals surface area (Å²) in [6, 6.07) is 6.23.